The van der Waals surface area contributed by atoms with Crippen LogP contribution in [0, 0.1) is 15.3 Å². The van der Waals surface area contributed by atoms with Crippen molar-refractivity contribution in [3.05, 3.63) is 15.3 Å². The Kier molecular flexibility index (Phi) is 412. The third kappa shape index (κ3) is 1200. The number of nitrogens with zero attached hydrogens (tertiary/aromatic N) is 1. The predicted octanol–water partition coefficient (Wildman–Crippen LogP) is 0.406. The van der Waals surface area contributed by atoms with Gasteiger partial charge in [0.05, 0.1) is 5.09 Å². The molecular weight excluding hydrogens is 182 g/mol. The molecule has 0 saturated carbocycles. The van der Waals surface area contributed by atoms with Gasteiger partial charge in [-0.2, -0.15) is 0 Å². The molecule has 0 aliphatic rings. The average molecular weight is 194 g/mol. The summed E-state index contributed by atoms with van der Waals surface area (Å²) in [6.45, 7) is 0. The molecular formula is H12CuN5O3-. The molecule has 0 bridgehead atoms. The smallest absolute Gasteiger partial charge is 0.0689 e. The standard InChI is InChI=1S/Cu.NO3.4H3N/c;2-1(3)4;;;;/h;;4*1H3/q;-1;;;;. The van der Waals surface area contributed by atoms with Crippen LogP contribution in [0.2, 0.25) is 0 Å². The predicted molar refractivity (Wildman–Crippen MR) is 30.4 cm³/mol. The molecule has 0 atom stereocenters. The summed E-state index contributed by atoms with van der Waals surface area (Å²) in [7, 11) is 0. The summed E-state index contributed by atoms with van der Waals surface area (Å²) in [5.41, 5.74) is 0. The summed E-state index contributed by atoms with van der Waals surface area (Å²) in [4.78, 5) is 8.25. The van der Waals surface area contributed by atoms with Gasteiger partial charge in [0.1, 0.15) is 0 Å². The van der Waals surface area contributed by atoms with E-state index < -0.39 is 5.09 Å². The van der Waals surface area contributed by atoms with E-state index in [0.29, 0.717) is 0 Å². The fraction of sp³-hybridized carbons (Fsp3) is 0. The Morgan fingerprint density at radius 2 is 0.889 bits per heavy atom. The first kappa shape index (κ1) is 74.7. The molecule has 0 fully saturated rings. The van der Waals surface area contributed by atoms with E-state index in [1.165, 1.54) is 0 Å². The summed E-state index contributed by atoms with van der Waals surface area (Å²) < 4.78 is 0. The van der Waals surface area contributed by atoms with E-state index in [1.807, 2.05) is 0 Å². The van der Waals surface area contributed by atoms with E-state index in [2.05, 4.69) is 0 Å². The van der Waals surface area contributed by atoms with Gasteiger partial charge in [0, 0.05) is 17.1 Å². The summed E-state index contributed by atoms with van der Waals surface area (Å²) >= 11 is 0. The molecule has 0 aromatic heterocycles. The van der Waals surface area contributed by atoms with Gasteiger partial charge in [-0.3, -0.25) is 0 Å². The van der Waals surface area contributed by atoms with Crippen LogP contribution < -0.4 is 24.6 Å². The maximum atomic E-state index is 8.25. The van der Waals surface area contributed by atoms with Crippen molar-refractivity contribution in [2.45, 2.75) is 0 Å². The molecule has 0 rings (SSSR count). The van der Waals surface area contributed by atoms with Crippen LogP contribution in [0.15, 0.2) is 0 Å². The SMILES string of the molecule is N.N.N.N.O=[N+]([O-])[O-].[Cu]. The van der Waals surface area contributed by atoms with Gasteiger partial charge in [0.25, 0.3) is 0 Å². The molecule has 9 heavy (non-hydrogen) atoms. The third-order valence-corrected chi connectivity index (χ3v) is 0. The number of rotatable bonds is 0. The van der Waals surface area contributed by atoms with Crippen LogP contribution in [0.3, 0.4) is 0 Å². The Balaban J connectivity index is -0.00000000450. The molecule has 1 radical (unpaired) electrons. The van der Waals surface area contributed by atoms with E-state index in [-0.39, 0.29) is 41.7 Å². The van der Waals surface area contributed by atoms with Crippen LogP contribution in [0.1, 0.15) is 0 Å². The first-order valence-corrected chi connectivity index (χ1v) is 0.548. The molecule has 8 nitrogen and oxygen atoms in total. The zero-order valence-corrected chi connectivity index (χ0v) is 5.74. The van der Waals surface area contributed by atoms with E-state index in [1.54, 1.807) is 0 Å². The molecule has 67 valence electrons. The molecule has 9 heteroatoms. The molecule has 0 amide bonds. The molecule has 0 aromatic rings. The summed E-state index contributed by atoms with van der Waals surface area (Å²) in [6, 6.07) is 0. The molecule has 0 spiro atoms. The van der Waals surface area contributed by atoms with Gasteiger partial charge in [0.15, 0.2) is 0 Å². The molecule has 12 N–H and O–H groups in total. The van der Waals surface area contributed by atoms with Crippen molar-refractivity contribution >= 4 is 0 Å². The molecule has 0 aromatic carbocycles. The molecule has 0 saturated heterocycles. The van der Waals surface area contributed by atoms with Gasteiger partial charge in [-0.05, 0) is 0 Å². The van der Waals surface area contributed by atoms with Crippen molar-refractivity contribution in [3.8, 4) is 0 Å². The van der Waals surface area contributed by atoms with Crippen LogP contribution in [-0.2, 0) is 17.1 Å². The topological polar surface area (TPSA) is 206 Å². The zero-order chi connectivity index (χ0) is 3.58. The van der Waals surface area contributed by atoms with Gasteiger partial charge >= 0.3 is 0 Å². The maximum Gasteiger partial charge on any atom is 0.0689 e. The second kappa shape index (κ2) is 49.7. The summed E-state index contributed by atoms with van der Waals surface area (Å²) in [5, 5.41) is 14.8. The van der Waals surface area contributed by atoms with Gasteiger partial charge in [-0.1, -0.05) is 0 Å². The van der Waals surface area contributed by atoms with Gasteiger partial charge in [-0.25, -0.2) is 0 Å². The van der Waals surface area contributed by atoms with Gasteiger partial charge < -0.3 is 39.9 Å². The Hall–Kier alpha value is -0.441. The fourth-order valence-corrected chi connectivity index (χ4v) is 0. The largest absolute Gasteiger partial charge is 0.356 e. The van der Waals surface area contributed by atoms with E-state index in [4.69, 9.17) is 15.3 Å². The van der Waals surface area contributed by atoms with Crippen molar-refractivity contribution in [2.75, 3.05) is 0 Å². The molecule has 0 heterocycles. The second-order valence-electron chi connectivity index (χ2n) is 0.224. The maximum absolute atomic E-state index is 8.25. The Bertz CT molecular complexity index is 35.2. The van der Waals surface area contributed by atoms with Crippen molar-refractivity contribution < 1.29 is 22.2 Å². The van der Waals surface area contributed by atoms with Crippen molar-refractivity contribution in [1.29, 1.82) is 0 Å². The van der Waals surface area contributed by atoms with Crippen molar-refractivity contribution in [3.63, 3.8) is 0 Å². The normalized spacial score (nSPS) is 2.67. The molecule has 0 unspecified atom stereocenters. The first-order chi connectivity index (χ1) is 1.73. The van der Waals surface area contributed by atoms with Crippen LogP contribution in [0.4, 0.5) is 0 Å². The fourth-order valence-electron chi connectivity index (χ4n) is 0. The van der Waals surface area contributed by atoms with Crippen LogP contribution >= 0.6 is 0 Å². The van der Waals surface area contributed by atoms with Gasteiger partial charge in [-0.15, -0.1) is 0 Å². The van der Waals surface area contributed by atoms with Crippen LogP contribution in [-0.4, -0.2) is 5.09 Å². The van der Waals surface area contributed by atoms with Gasteiger partial charge in [0.2, 0.25) is 0 Å². The first-order valence-electron chi connectivity index (χ1n) is 0.548. The monoisotopic (exact) mass is 193 g/mol. The molecule has 0 aliphatic heterocycles. The van der Waals surface area contributed by atoms with Crippen molar-refractivity contribution in [1.82, 2.24) is 24.6 Å². The minimum absolute atomic E-state index is 0. The average Bonchev–Trinajstić information content (AvgIpc) is 0.811. The second-order valence-corrected chi connectivity index (χ2v) is 0.224. The minimum atomic E-state index is -1.75. The number of hydrogen-bond donors (Lipinski definition) is 4. The quantitative estimate of drug-likeness (QED) is 0.242. The van der Waals surface area contributed by atoms with E-state index >= 15 is 0 Å². The Morgan fingerprint density at radius 3 is 0.889 bits per heavy atom. The Labute approximate surface area is 62.9 Å². The third-order valence-electron chi connectivity index (χ3n) is 0. The zero-order valence-electron chi connectivity index (χ0n) is 4.80. The Morgan fingerprint density at radius 1 is 0.889 bits per heavy atom. The summed E-state index contributed by atoms with van der Waals surface area (Å²) in [6.07, 6.45) is 0. The molecule has 0 aliphatic carbocycles. The van der Waals surface area contributed by atoms with E-state index in [0.717, 1.165) is 0 Å². The van der Waals surface area contributed by atoms with Crippen molar-refractivity contribution in [2.24, 2.45) is 0 Å². The summed E-state index contributed by atoms with van der Waals surface area (Å²) in [5.74, 6) is 0. The number of hydrogen-bond acceptors (Lipinski definition) is 7. The van der Waals surface area contributed by atoms with E-state index in [9.17, 15) is 0 Å². The minimum Gasteiger partial charge on any atom is -0.356 e. The van der Waals surface area contributed by atoms with Crippen LogP contribution in [0.25, 0.3) is 0 Å². The van der Waals surface area contributed by atoms with Crippen LogP contribution in [0.5, 0.6) is 0 Å².